The Balaban J connectivity index is 1.66. The van der Waals surface area contributed by atoms with Crippen molar-refractivity contribution in [1.82, 2.24) is 14.5 Å². The number of nitrogens with zero attached hydrogens (tertiary/aromatic N) is 3. The van der Waals surface area contributed by atoms with Crippen molar-refractivity contribution >= 4 is 5.69 Å². The highest BCUT2D eigenvalue weighted by molar-refractivity contribution is 5.57. The predicted octanol–water partition coefficient (Wildman–Crippen LogP) is 2.61. The number of aromatic nitrogens is 3. The Morgan fingerprint density at radius 1 is 1.10 bits per heavy atom. The van der Waals surface area contributed by atoms with Gasteiger partial charge in [0.1, 0.15) is 12.4 Å². The van der Waals surface area contributed by atoms with Gasteiger partial charge in [0.25, 0.3) is 0 Å². The van der Waals surface area contributed by atoms with E-state index in [-0.39, 0.29) is 0 Å². The van der Waals surface area contributed by atoms with Crippen LogP contribution in [0.25, 0.3) is 11.3 Å². The van der Waals surface area contributed by atoms with Gasteiger partial charge in [-0.1, -0.05) is 6.07 Å². The summed E-state index contributed by atoms with van der Waals surface area (Å²) >= 11 is 0. The van der Waals surface area contributed by atoms with Crippen LogP contribution in [0, 0.1) is 0 Å². The fourth-order valence-corrected chi connectivity index (χ4v) is 2.12. The maximum atomic E-state index is 5.72. The summed E-state index contributed by atoms with van der Waals surface area (Å²) in [5, 5.41) is 0. The summed E-state index contributed by atoms with van der Waals surface area (Å²) in [5.41, 5.74) is 8.49. The molecule has 0 saturated heterocycles. The third kappa shape index (κ3) is 3.20. The Bertz CT molecular complexity index is 709. The Morgan fingerprint density at radius 2 is 2.05 bits per heavy atom. The molecule has 2 N–H and O–H groups in total. The maximum absolute atomic E-state index is 5.72. The van der Waals surface area contributed by atoms with Crippen molar-refractivity contribution < 1.29 is 4.74 Å². The van der Waals surface area contributed by atoms with E-state index in [9.17, 15) is 0 Å². The molecule has 0 bridgehead atoms. The minimum Gasteiger partial charge on any atom is -0.492 e. The second kappa shape index (κ2) is 6.09. The van der Waals surface area contributed by atoms with Crippen LogP contribution in [0.5, 0.6) is 5.75 Å². The minimum atomic E-state index is 0.549. The standard InChI is InChI=1S/C16H16N4O/c17-14-4-1-5-15(9-14)21-8-7-20-12-19-11-16(20)13-3-2-6-18-10-13/h1-6,9-12H,7-8,17H2. The van der Waals surface area contributed by atoms with Crippen LogP contribution in [0.4, 0.5) is 5.69 Å². The molecule has 0 unspecified atom stereocenters. The Kier molecular flexibility index (Phi) is 3.82. The van der Waals surface area contributed by atoms with Gasteiger partial charge in [0.2, 0.25) is 0 Å². The molecule has 0 fully saturated rings. The van der Waals surface area contributed by atoms with Crippen molar-refractivity contribution in [2.24, 2.45) is 0 Å². The highest BCUT2D eigenvalue weighted by Crippen LogP contribution is 2.18. The Hall–Kier alpha value is -2.82. The van der Waals surface area contributed by atoms with Crippen LogP contribution in [0.15, 0.2) is 61.3 Å². The molecule has 5 heteroatoms. The third-order valence-electron chi connectivity index (χ3n) is 3.13. The quantitative estimate of drug-likeness (QED) is 0.730. The molecule has 1 aromatic carbocycles. The molecular weight excluding hydrogens is 264 g/mol. The van der Waals surface area contributed by atoms with Crippen LogP contribution in [0.3, 0.4) is 0 Å². The van der Waals surface area contributed by atoms with Gasteiger partial charge in [0.15, 0.2) is 0 Å². The Morgan fingerprint density at radius 3 is 2.86 bits per heavy atom. The zero-order chi connectivity index (χ0) is 14.5. The fraction of sp³-hybridized carbons (Fsp3) is 0.125. The number of benzene rings is 1. The molecule has 0 amide bonds. The van der Waals surface area contributed by atoms with Gasteiger partial charge in [0, 0.05) is 29.7 Å². The first-order valence-electron chi connectivity index (χ1n) is 6.72. The molecule has 106 valence electrons. The number of rotatable bonds is 5. The molecule has 0 aliphatic rings. The molecule has 0 aliphatic carbocycles. The molecule has 0 aliphatic heterocycles. The minimum absolute atomic E-state index is 0.549. The fourth-order valence-electron chi connectivity index (χ4n) is 2.12. The van der Waals surface area contributed by atoms with Crippen molar-refractivity contribution in [3.8, 4) is 17.0 Å². The first-order chi connectivity index (χ1) is 10.3. The topological polar surface area (TPSA) is 66.0 Å². The van der Waals surface area contributed by atoms with E-state index >= 15 is 0 Å². The van der Waals surface area contributed by atoms with E-state index < -0.39 is 0 Å². The lowest BCUT2D eigenvalue weighted by Gasteiger charge is -2.10. The third-order valence-corrected chi connectivity index (χ3v) is 3.13. The number of imidazole rings is 1. The summed E-state index contributed by atoms with van der Waals surface area (Å²) in [7, 11) is 0. The van der Waals surface area contributed by atoms with Gasteiger partial charge >= 0.3 is 0 Å². The van der Waals surface area contributed by atoms with Gasteiger partial charge in [0.05, 0.1) is 24.8 Å². The van der Waals surface area contributed by atoms with Gasteiger partial charge in [-0.05, 0) is 24.3 Å². The van der Waals surface area contributed by atoms with Gasteiger partial charge in [-0.15, -0.1) is 0 Å². The molecule has 0 atom stereocenters. The zero-order valence-electron chi connectivity index (χ0n) is 11.5. The first-order valence-corrected chi connectivity index (χ1v) is 6.72. The number of nitrogen functional groups attached to an aromatic ring is 1. The second-order valence-electron chi connectivity index (χ2n) is 4.63. The van der Waals surface area contributed by atoms with Crippen LogP contribution in [-0.2, 0) is 6.54 Å². The molecular formula is C16H16N4O. The summed E-state index contributed by atoms with van der Waals surface area (Å²) in [6, 6.07) is 11.4. The van der Waals surface area contributed by atoms with Crippen molar-refractivity contribution in [1.29, 1.82) is 0 Å². The summed E-state index contributed by atoms with van der Waals surface area (Å²) in [6.45, 7) is 1.26. The van der Waals surface area contributed by atoms with Crippen molar-refractivity contribution in [2.45, 2.75) is 6.54 Å². The number of hydrogen-bond donors (Lipinski definition) is 1. The normalized spacial score (nSPS) is 10.5. The van der Waals surface area contributed by atoms with E-state index in [4.69, 9.17) is 10.5 Å². The molecule has 3 rings (SSSR count). The van der Waals surface area contributed by atoms with Crippen molar-refractivity contribution in [3.05, 3.63) is 61.3 Å². The number of pyridine rings is 1. The lowest BCUT2D eigenvalue weighted by Crippen LogP contribution is -2.08. The summed E-state index contributed by atoms with van der Waals surface area (Å²) in [4.78, 5) is 8.33. The average molecular weight is 280 g/mol. The SMILES string of the molecule is Nc1cccc(OCCn2cncc2-c2cccnc2)c1. The smallest absolute Gasteiger partial charge is 0.121 e. The van der Waals surface area contributed by atoms with Crippen LogP contribution in [-0.4, -0.2) is 21.1 Å². The van der Waals surface area contributed by atoms with Crippen LogP contribution >= 0.6 is 0 Å². The van der Waals surface area contributed by atoms with Gasteiger partial charge in [-0.2, -0.15) is 0 Å². The van der Waals surface area contributed by atoms with E-state index in [1.54, 1.807) is 12.5 Å². The molecule has 2 heterocycles. The highest BCUT2D eigenvalue weighted by Gasteiger charge is 2.05. The molecule has 3 aromatic rings. The monoisotopic (exact) mass is 280 g/mol. The largest absolute Gasteiger partial charge is 0.492 e. The van der Waals surface area contributed by atoms with Crippen molar-refractivity contribution in [2.75, 3.05) is 12.3 Å². The predicted molar refractivity (Wildman–Crippen MR) is 81.8 cm³/mol. The van der Waals surface area contributed by atoms with E-state index in [2.05, 4.69) is 9.97 Å². The van der Waals surface area contributed by atoms with Gasteiger partial charge in [-0.25, -0.2) is 4.98 Å². The lowest BCUT2D eigenvalue weighted by molar-refractivity contribution is 0.299. The number of anilines is 1. The van der Waals surface area contributed by atoms with Crippen LogP contribution in [0.2, 0.25) is 0 Å². The molecule has 5 nitrogen and oxygen atoms in total. The van der Waals surface area contributed by atoms with Crippen LogP contribution in [0.1, 0.15) is 0 Å². The summed E-state index contributed by atoms with van der Waals surface area (Å²) in [6.07, 6.45) is 7.21. The number of nitrogens with two attached hydrogens (primary N) is 1. The average Bonchev–Trinajstić information content (AvgIpc) is 2.97. The molecule has 21 heavy (non-hydrogen) atoms. The number of ether oxygens (including phenoxy) is 1. The second-order valence-corrected chi connectivity index (χ2v) is 4.63. The number of hydrogen-bond acceptors (Lipinski definition) is 4. The lowest BCUT2D eigenvalue weighted by atomic mass is 10.2. The zero-order valence-corrected chi connectivity index (χ0v) is 11.5. The highest BCUT2D eigenvalue weighted by atomic mass is 16.5. The molecule has 2 aromatic heterocycles. The summed E-state index contributed by atoms with van der Waals surface area (Å²) < 4.78 is 7.75. The van der Waals surface area contributed by atoms with E-state index in [0.717, 1.165) is 17.0 Å². The molecule has 0 radical (unpaired) electrons. The Labute approximate surface area is 123 Å². The maximum Gasteiger partial charge on any atom is 0.121 e. The summed E-state index contributed by atoms with van der Waals surface area (Å²) in [5.74, 6) is 0.776. The van der Waals surface area contributed by atoms with Gasteiger partial charge < -0.3 is 15.0 Å². The molecule has 0 saturated carbocycles. The molecule has 0 spiro atoms. The first kappa shape index (κ1) is 13.2. The van der Waals surface area contributed by atoms with E-state index in [1.807, 2.05) is 53.4 Å². The van der Waals surface area contributed by atoms with Crippen molar-refractivity contribution in [3.63, 3.8) is 0 Å². The van der Waals surface area contributed by atoms with E-state index in [1.165, 1.54) is 0 Å². The van der Waals surface area contributed by atoms with Crippen LogP contribution < -0.4 is 10.5 Å². The van der Waals surface area contributed by atoms with E-state index in [0.29, 0.717) is 18.8 Å². The van der Waals surface area contributed by atoms with Gasteiger partial charge in [-0.3, -0.25) is 4.98 Å².